The van der Waals surface area contributed by atoms with E-state index in [2.05, 4.69) is 16.8 Å². The van der Waals surface area contributed by atoms with Crippen molar-refractivity contribution in [2.45, 2.75) is 13.3 Å². The van der Waals surface area contributed by atoms with Crippen LogP contribution < -0.4 is 0 Å². The topological polar surface area (TPSA) is 26.5 Å². The number of hydrogen-bond acceptors (Lipinski definition) is 1. The summed E-state index contributed by atoms with van der Waals surface area (Å²) in [5, 5.41) is 3.81. The Morgan fingerprint density at radius 1 is 2.00 bits per heavy atom. The van der Waals surface area contributed by atoms with E-state index in [0.717, 1.165) is 6.54 Å². The first-order valence-corrected chi connectivity index (χ1v) is 2.63. The molecule has 0 aromatic heterocycles. The molecule has 0 amide bonds. The van der Waals surface area contributed by atoms with Crippen LogP contribution in [0.1, 0.15) is 13.3 Å². The van der Waals surface area contributed by atoms with Gasteiger partial charge in [0, 0.05) is 4.79 Å². The van der Waals surface area contributed by atoms with Gasteiger partial charge >= 0.3 is 6.21 Å². The monoisotopic (exact) mass is 97.1 g/mol. The van der Waals surface area contributed by atoms with Crippen molar-refractivity contribution >= 4 is 6.21 Å². The largest absolute Gasteiger partial charge is 0.312 e. The third-order valence-electron chi connectivity index (χ3n) is 1.20. The molecule has 7 heavy (non-hydrogen) atoms. The van der Waals surface area contributed by atoms with E-state index in [1.165, 1.54) is 6.42 Å². The van der Waals surface area contributed by atoms with Crippen molar-refractivity contribution in [3.05, 3.63) is 0 Å². The fourth-order valence-electron chi connectivity index (χ4n) is 0.575. The lowest BCUT2D eigenvalue weighted by Gasteiger charge is -1.86. The molecule has 38 valence electrons. The minimum absolute atomic E-state index is 0.639. The molecular weight excluding hydrogens is 88.1 g/mol. The smallest absolute Gasteiger partial charge is 0.0645 e. The Morgan fingerprint density at radius 3 is 3.14 bits per heavy atom. The summed E-state index contributed by atoms with van der Waals surface area (Å²) in [6.07, 6.45) is 3.09. The lowest BCUT2D eigenvalue weighted by molar-refractivity contribution is -0.0712. The van der Waals surface area contributed by atoms with Gasteiger partial charge in [0.2, 0.25) is 0 Å². The maximum Gasteiger partial charge on any atom is 0.312 e. The van der Waals surface area contributed by atoms with E-state index < -0.39 is 0 Å². The molecule has 0 saturated carbocycles. The summed E-state index contributed by atoms with van der Waals surface area (Å²) >= 11 is 0. The lowest BCUT2D eigenvalue weighted by Crippen LogP contribution is -1.98. The molecule has 1 atom stereocenters. The van der Waals surface area contributed by atoms with Crippen molar-refractivity contribution in [3.63, 3.8) is 0 Å². The zero-order valence-corrected chi connectivity index (χ0v) is 4.46. The van der Waals surface area contributed by atoms with Gasteiger partial charge in [0.15, 0.2) is 0 Å². The first-order valence-electron chi connectivity index (χ1n) is 2.63. The van der Waals surface area contributed by atoms with Gasteiger partial charge in [0.05, 0.1) is 11.0 Å². The summed E-state index contributed by atoms with van der Waals surface area (Å²) < 4.78 is 0. The molecule has 0 saturated heterocycles. The van der Waals surface area contributed by atoms with Crippen LogP contribution in [0.15, 0.2) is 5.11 Å². The van der Waals surface area contributed by atoms with Gasteiger partial charge in [-0.1, -0.05) is 6.92 Å². The molecule has 0 aliphatic carbocycles. The van der Waals surface area contributed by atoms with Gasteiger partial charge in [-0.3, -0.25) is 0 Å². The van der Waals surface area contributed by atoms with Crippen molar-refractivity contribution in [3.8, 4) is 0 Å². The van der Waals surface area contributed by atoms with Gasteiger partial charge in [-0.2, -0.15) is 0 Å². The van der Waals surface area contributed by atoms with E-state index in [4.69, 9.17) is 0 Å². The summed E-state index contributed by atoms with van der Waals surface area (Å²) in [6, 6.07) is 0. The predicted octanol–water partition coefficient (Wildman–Crippen LogP) is 0.757. The van der Waals surface area contributed by atoms with Crippen molar-refractivity contribution in [2.75, 3.05) is 6.54 Å². The van der Waals surface area contributed by atoms with Crippen LogP contribution in [0.4, 0.5) is 0 Å². The SMILES string of the molecule is CCC1C=[N+]=NC1. The lowest BCUT2D eigenvalue weighted by atomic mass is 10.1. The highest BCUT2D eigenvalue weighted by Gasteiger charge is 2.14. The average Bonchev–Trinajstić information content (AvgIpc) is 2.14. The summed E-state index contributed by atoms with van der Waals surface area (Å²) in [5.41, 5.74) is 0. The zero-order chi connectivity index (χ0) is 5.11. The Hall–Kier alpha value is -0.620. The third kappa shape index (κ3) is 0.875. The zero-order valence-electron chi connectivity index (χ0n) is 4.46. The van der Waals surface area contributed by atoms with Crippen LogP contribution in [-0.4, -0.2) is 17.5 Å². The molecule has 0 radical (unpaired) electrons. The third-order valence-corrected chi connectivity index (χ3v) is 1.20. The molecule has 0 spiro atoms. The molecule has 0 aromatic carbocycles. The van der Waals surface area contributed by atoms with Gasteiger partial charge in [-0.05, 0) is 6.42 Å². The summed E-state index contributed by atoms with van der Waals surface area (Å²) in [6.45, 7) is 3.06. The first kappa shape index (κ1) is 4.54. The van der Waals surface area contributed by atoms with Crippen LogP contribution in [-0.2, 0) is 0 Å². The van der Waals surface area contributed by atoms with Gasteiger partial charge in [-0.15, -0.1) is 0 Å². The molecule has 1 aliphatic heterocycles. The van der Waals surface area contributed by atoms with Crippen LogP contribution in [0.2, 0.25) is 0 Å². The Morgan fingerprint density at radius 2 is 2.86 bits per heavy atom. The molecule has 1 aliphatic rings. The van der Waals surface area contributed by atoms with E-state index in [9.17, 15) is 0 Å². The molecule has 2 nitrogen and oxygen atoms in total. The molecule has 0 aromatic rings. The van der Waals surface area contributed by atoms with E-state index in [-0.39, 0.29) is 0 Å². The van der Waals surface area contributed by atoms with Crippen LogP contribution in [0, 0.1) is 5.92 Å². The normalized spacial score (nSPS) is 26.7. The summed E-state index contributed by atoms with van der Waals surface area (Å²) in [7, 11) is 0. The highest BCUT2D eigenvalue weighted by molar-refractivity contribution is 5.55. The minimum Gasteiger partial charge on any atom is -0.0645 e. The molecule has 1 unspecified atom stereocenters. The molecule has 0 bridgehead atoms. The summed E-state index contributed by atoms with van der Waals surface area (Å²) in [5.74, 6) is 0.639. The maximum atomic E-state index is 3.81. The number of rotatable bonds is 1. The molecular formula is C5H9N2+. The Bertz CT molecular complexity index is 111. The first-order chi connectivity index (χ1) is 3.43. The molecule has 0 N–H and O–H groups in total. The van der Waals surface area contributed by atoms with Gasteiger partial charge < -0.3 is 0 Å². The van der Waals surface area contributed by atoms with E-state index >= 15 is 0 Å². The van der Waals surface area contributed by atoms with Crippen LogP contribution in [0.25, 0.3) is 0 Å². The molecule has 1 rings (SSSR count). The average molecular weight is 97.1 g/mol. The summed E-state index contributed by atoms with van der Waals surface area (Å²) in [4.78, 5) is 3.74. The highest BCUT2D eigenvalue weighted by Crippen LogP contribution is 1.99. The quantitative estimate of drug-likeness (QED) is 0.432. The maximum absolute atomic E-state index is 3.81. The van der Waals surface area contributed by atoms with E-state index in [0.29, 0.717) is 5.92 Å². The van der Waals surface area contributed by atoms with Crippen molar-refractivity contribution < 1.29 is 4.79 Å². The van der Waals surface area contributed by atoms with E-state index in [1.807, 2.05) is 6.21 Å². The molecule has 1 heterocycles. The Kier molecular flexibility index (Phi) is 1.23. The van der Waals surface area contributed by atoms with Crippen molar-refractivity contribution in [1.29, 1.82) is 0 Å². The standard InChI is InChI=1S/C5H9N2/c1-2-5-3-6-7-4-5/h3,5H,2,4H2,1H3/q+1. The Labute approximate surface area is 43.0 Å². The van der Waals surface area contributed by atoms with Gasteiger partial charge in [0.25, 0.3) is 0 Å². The van der Waals surface area contributed by atoms with Crippen LogP contribution in [0.3, 0.4) is 0 Å². The molecule has 0 fully saturated rings. The second kappa shape index (κ2) is 1.90. The fourth-order valence-corrected chi connectivity index (χ4v) is 0.575. The van der Waals surface area contributed by atoms with Gasteiger partial charge in [0.1, 0.15) is 6.54 Å². The van der Waals surface area contributed by atoms with Gasteiger partial charge in [-0.25, -0.2) is 0 Å². The fraction of sp³-hybridized carbons (Fsp3) is 0.800. The minimum atomic E-state index is 0.639. The molecule has 2 heteroatoms. The number of nitrogens with zero attached hydrogens (tertiary/aromatic N) is 2. The Balaban J connectivity index is 2.37. The van der Waals surface area contributed by atoms with Crippen molar-refractivity contribution in [1.82, 2.24) is 0 Å². The van der Waals surface area contributed by atoms with Crippen LogP contribution >= 0.6 is 0 Å². The second-order valence-electron chi connectivity index (χ2n) is 1.76. The predicted molar refractivity (Wildman–Crippen MR) is 27.4 cm³/mol. The van der Waals surface area contributed by atoms with Crippen LogP contribution in [0.5, 0.6) is 0 Å². The highest BCUT2D eigenvalue weighted by atomic mass is 15.0. The van der Waals surface area contributed by atoms with Crippen molar-refractivity contribution in [2.24, 2.45) is 11.0 Å². The number of hydrogen-bond donors (Lipinski definition) is 0. The second-order valence-corrected chi connectivity index (χ2v) is 1.76. The van der Waals surface area contributed by atoms with E-state index in [1.54, 1.807) is 0 Å².